The molecular weight excluding hydrogens is 289 g/mol. The SMILES string of the molecule is Cc1ccc(-c2noc(Br)c2CCl)c(C)c1. The molecule has 4 heteroatoms. The molecule has 16 heavy (non-hydrogen) atoms. The third kappa shape index (κ3) is 2.02. The Hall–Kier alpha value is -0.800. The quantitative estimate of drug-likeness (QED) is 0.765. The normalized spacial score (nSPS) is 10.8. The lowest BCUT2D eigenvalue weighted by Gasteiger charge is -2.04. The summed E-state index contributed by atoms with van der Waals surface area (Å²) < 4.78 is 5.72. The lowest BCUT2D eigenvalue weighted by Crippen LogP contribution is -1.88. The first kappa shape index (κ1) is 11.7. The van der Waals surface area contributed by atoms with Gasteiger partial charge in [-0.3, -0.25) is 0 Å². The van der Waals surface area contributed by atoms with Gasteiger partial charge in [-0.1, -0.05) is 28.9 Å². The maximum atomic E-state index is 5.88. The van der Waals surface area contributed by atoms with E-state index in [1.54, 1.807) is 0 Å². The van der Waals surface area contributed by atoms with Crippen molar-refractivity contribution < 1.29 is 4.52 Å². The Morgan fingerprint density at radius 2 is 2.12 bits per heavy atom. The van der Waals surface area contributed by atoms with Crippen molar-refractivity contribution in [3.8, 4) is 11.3 Å². The lowest BCUT2D eigenvalue weighted by molar-refractivity contribution is 0.401. The fourth-order valence-electron chi connectivity index (χ4n) is 1.70. The molecule has 0 unspecified atom stereocenters. The van der Waals surface area contributed by atoms with Crippen LogP contribution in [0.15, 0.2) is 27.4 Å². The van der Waals surface area contributed by atoms with E-state index in [1.807, 2.05) is 6.07 Å². The zero-order valence-corrected chi connectivity index (χ0v) is 11.4. The third-order valence-corrected chi connectivity index (χ3v) is 3.40. The van der Waals surface area contributed by atoms with E-state index in [4.69, 9.17) is 16.1 Å². The van der Waals surface area contributed by atoms with Gasteiger partial charge in [0.05, 0.1) is 5.88 Å². The summed E-state index contributed by atoms with van der Waals surface area (Å²) in [6, 6.07) is 6.23. The molecule has 1 aromatic carbocycles. The van der Waals surface area contributed by atoms with Crippen LogP contribution in [-0.2, 0) is 5.88 Å². The van der Waals surface area contributed by atoms with Gasteiger partial charge >= 0.3 is 0 Å². The molecule has 0 aliphatic rings. The van der Waals surface area contributed by atoms with Gasteiger partial charge in [-0.15, -0.1) is 11.6 Å². The summed E-state index contributed by atoms with van der Waals surface area (Å²) in [5.74, 6) is 0.382. The Kier molecular flexibility index (Phi) is 3.36. The molecule has 0 bridgehead atoms. The second-order valence-electron chi connectivity index (χ2n) is 3.74. The van der Waals surface area contributed by atoms with E-state index in [9.17, 15) is 0 Å². The second-order valence-corrected chi connectivity index (χ2v) is 4.72. The van der Waals surface area contributed by atoms with Crippen LogP contribution in [0.5, 0.6) is 0 Å². The summed E-state index contributed by atoms with van der Waals surface area (Å²) in [5.41, 5.74) is 5.19. The van der Waals surface area contributed by atoms with Crippen molar-refractivity contribution in [2.45, 2.75) is 19.7 Å². The average Bonchev–Trinajstić information content (AvgIpc) is 2.59. The predicted octanol–water partition coefficient (Wildman–Crippen LogP) is 4.46. The lowest BCUT2D eigenvalue weighted by atomic mass is 10.0. The van der Waals surface area contributed by atoms with Crippen LogP contribution in [-0.4, -0.2) is 5.16 Å². The molecule has 2 nitrogen and oxygen atoms in total. The number of aromatic nitrogens is 1. The number of nitrogens with zero attached hydrogens (tertiary/aromatic N) is 1. The molecule has 0 aliphatic carbocycles. The van der Waals surface area contributed by atoms with Crippen molar-refractivity contribution in [3.63, 3.8) is 0 Å². The molecule has 0 fully saturated rings. The molecule has 2 rings (SSSR count). The number of benzene rings is 1. The molecular formula is C12H11BrClNO. The van der Waals surface area contributed by atoms with Crippen molar-refractivity contribution in [2.75, 3.05) is 0 Å². The van der Waals surface area contributed by atoms with Crippen molar-refractivity contribution in [1.29, 1.82) is 0 Å². The van der Waals surface area contributed by atoms with Crippen molar-refractivity contribution in [2.24, 2.45) is 0 Å². The summed E-state index contributed by atoms with van der Waals surface area (Å²) in [5, 5.41) is 4.04. The molecule has 0 radical (unpaired) electrons. The minimum Gasteiger partial charge on any atom is -0.348 e. The molecule has 0 atom stereocenters. The topological polar surface area (TPSA) is 26.0 Å². The van der Waals surface area contributed by atoms with Crippen LogP contribution in [0, 0.1) is 13.8 Å². The predicted molar refractivity (Wildman–Crippen MR) is 68.7 cm³/mol. The first-order valence-electron chi connectivity index (χ1n) is 4.91. The number of hydrogen-bond donors (Lipinski definition) is 0. The Morgan fingerprint density at radius 1 is 1.38 bits per heavy atom. The Bertz CT molecular complexity index is 522. The van der Waals surface area contributed by atoms with Gasteiger partial charge in [0.2, 0.25) is 4.67 Å². The smallest absolute Gasteiger partial charge is 0.206 e. The maximum Gasteiger partial charge on any atom is 0.206 e. The molecule has 0 spiro atoms. The van der Waals surface area contributed by atoms with Crippen molar-refractivity contribution in [1.82, 2.24) is 5.16 Å². The van der Waals surface area contributed by atoms with Gasteiger partial charge in [-0.2, -0.15) is 0 Å². The van der Waals surface area contributed by atoms with E-state index in [2.05, 4.69) is 47.1 Å². The van der Waals surface area contributed by atoms with Crippen LogP contribution in [0.2, 0.25) is 0 Å². The Balaban J connectivity index is 2.58. The van der Waals surface area contributed by atoms with E-state index in [0.717, 1.165) is 16.8 Å². The third-order valence-electron chi connectivity index (χ3n) is 2.51. The summed E-state index contributed by atoms with van der Waals surface area (Å²) in [7, 11) is 0. The standard InChI is InChI=1S/C12H11BrClNO/c1-7-3-4-9(8(2)5-7)11-10(6-14)12(13)16-15-11/h3-5H,6H2,1-2H3. The van der Waals surface area contributed by atoms with Crippen molar-refractivity contribution in [3.05, 3.63) is 39.6 Å². The Labute approximate surface area is 108 Å². The molecule has 1 aromatic heterocycles. The molecule has 1 heterocycles. The van der Waals surface area contributed by atoms with E-state index >= 15 is 0 Å². The Morgan fingerprint density at radius 3 is 2.75 bits per heavy atom. The molecule has 0 amide bonds. The van der Waals surface area contributed by atoms with E-state index < -0.39 is 0 Å². The highest BCUT2D eigenvalue weighted by atomic mass is 79.9. The van der Waals surface area contributed by atoms with Gasteiger partial charge in [-0.05, 0) is 35.3 Å². The van der Waals surface area contributed by atoms with Gasteiger partial charge in [-0.25, -0.2) is 0 Å². The van der Waals surface area contributed by atoms with Crippen LogP contribution in [0.4, 0.5) is 0 Å². The molecule has 0 N–H and O–H groups in total. The molecule has 0 saturated carbocycles. The zero-order valence-electron chi connectivity index (χ0n) is 9.05. The minimum absolute atomic E-state index is 0.382. The number of hydrogen-bond acceptors (Lipinski definition) is 2. The maximum absolute atomic E-state index is 5.88. The van der Waals surface area contributed by atoms with Gasteiger partial charge in [0.25, 0.3) is 0 Å². The first-order valence-corrected chi connectivity index (χ1v) is 6.24. The highest BCUT2D eigenvalue weighted by Crippen LogP contribution is 2.32. The fourth-order valence-corrected chi connectivity index (χ4v) is 2.51. The fraction of sp³-hybridized carbons (Fsp3) is 0.250. The molecule has 0 aliphatic heterocycles. The van der Waals surface area contributed by atoms with E-state index in [-0.39, 0.29) is 0 Å². The average molecular weight is 301 g/mol. The molecule has 2 aromatic rings. The van der Waals surface area contributed by atoms with Crippen LogP contribution in [0.3, 0.4) is 0 Å². The number of aryl methyl sites for hydroxylation is 2. The summed E-state index contributed by atoms with van der Waals surface area (Å²) in [6.45, 7) is 4.13. The molecule has 84 valence electrons. The number of halogens is 2. The first-order chi connectivity index (χ1) is 7.63. The van der Waals surface area contributed by atoms with Gasteiger partial charge in [0.15, 0.2) is 0 Å². The van der Waals surface area contributed by atoms with E-state index in [0.29, 0.717) is 10.5 Å². The molecule has 0 saturated heterocycles. The van der Waals surface area contributed by atoms with Gasteiger partial charge in [0.1, 0.15) is 5.69 Å². The number of alkyl halides is 1. The van der Waals surface area contributed by atoms with Crippen molar-refractivity contribution >= 4 is 27.5 Å². The van der Waals surface area contributed by atoms with E-state index in [1.165, 1.54) is 11.1 Å². The zero-order chi connectivity index (χ0) is 11.7. The summed E-state index contributed by atoms with van der Waals surface area (Å²) in [4.78, 5) is 0. The van der Waals surface area contributed by atoms with Crippen LogP contribution in [0.25, 0.3) is 11.3 Å². The van der Waals surface area contributed by atoms with Crippen LogP contribution < -0.4 is 0 Å². The number of rotatable bonds is 2. The summed E-state index contributed by atoms with van der Waals surface area (Å²) >= 11 is 9.18. The van der Waals surface area contributed by atoms with Gasteiger partial charge < -0.3 is 4.52 Å². The van der Waals surface area contributed by atoms with Crippen LogP contribution >= 0.6 is 27.5 Å². The second kappa shape index (κ2) is 4.60. The summed E-state index contributed by atoms with van der Waals surface area (Å²) in [6.07, 6.45) is 0. The largest absolute Gasteiger partial charge is 0.348 e. The monoisotopic (exact) mass is 299 g/mol. The van der Waals surface area contributed by atoms with Crippen LogP contribution in [0.1, 0.15) is 16.7 Å². The highest BCUT2D eigenvalue weighted by Gasteiger charge is 2.16. The highest BCUT2D eigenvalue weighted by molar-refractivity contribution is 9.10. The van der Waals surface area contributed by atoms with Gasteiger partial charge in [0, 0.05) is 11.1 Å². The minimum atomic E-state index is 0.382.